The van der Waals surface area contributed by atoms with Crippen molar-refractivity contribution >= 4 is 12.2 Å². The summed E-state index contributed by atoms with van der Waals surface area (Å²) < 4.78 is 47.9. The average Bonchev–Trinajstić information content (AvgIpc) is 2.35. The fourth-order valence-electron chi connectivity index (χ4n) is 1.96. The summed E-state index contributed by atoms with van der Waals surface area (Å²) in [5.74, 6) is -0.680. The quantitative estimate of drug-likeness (QED) is 0.845. The highest BCUT2D eigenvalue weighted by molar-refractivity contribution is 5.68. The summed E-state index contributed by atoms with van der Waals surface area (Å²) in [6.07, 6.45) is -7.45. The van der Waals surface area contributed by atoms with Crippen LogP contribution in [0.15, 0.2) is 24.0 Å². The molecule has 108 valence electrons. The second-order valence-electron chi connectivity index (χ2n) is 4.14. The molecule has 0 amide bonds. The van der Waals surface area contributed by atoms with Crippen molar-refractivity contribution in [2.24, 2.45) is 0 Å². The van der Waals surface area contributed by atoms with E-state index in [1.54, 1.807) is 19.1 Å². The lowest BCUT2D eigenvalue weighted by Gasteiger charge is -2.28. The van der Waals surface area contributed by atoms with Crippen LogP contribution in [0, 0.1) is 0 Å². The highest BCUT2D eigenvalue weighted by Gasteiger charge is 2.48. The van der Waals surface area contributed by atoms with Crippen molar-refractivity contribution < 1.29 is 32.5 Å². The first-order chi connectivity index (χ1) is 9.32. The van der Waals surface area contributed by atoms with Gasteiger partial charge < -0.3 is 14.6 Å². The molecule has 1 aliphatic rings. The van der Waals surface area contributed by atoms with Crippen molar-refractivity contribution in [2.45, 2.75) is 25.6 Å². The van der Waals surface area contributed by atoms with Crippen LogP contribution >= 0.6 is 0 Å². The smallest absolute Gasteiger partial charge is 0.472 e. The van der Waals surface area contributed by atoms with Crippen LogP contribution in [-0.4, -0.2) is 23.5 Å². The Hall–Kier alpha value is -2.18. The van der Waals surface area contributed by atoms with Crippen molar-refractivity contribution in [3.8, 4) is 5.75 Å². The Balaban J connectivity index is 2.50. The molecule has 0 fully saturated rings. The average molecular weight is 288 g/mol. The third-order valence-electron chi connectivity index (χ3n) is 2.80. The van der Waals surface area contributed by atoms with E-state index < -0.39 is 24.2 Å². The highest BCUT2D eigenvalue weighted by Crippen LogP contribution is 2.39. The second kappa shape index (κ2) is 5.07. The molecule has 1 N–H and O–H groups in total. The van der Waals surface area contributed by atoms with Crippen molar-refractivity contribution in [1.29, 1.82) is 0 Å². The van der Waals surface area contributed by atoms with Gasteiger partial charge in [0, 0.05) is 5.56 Å². The Morgan fingerprint density at radius 1 is 1.45 bits per heavy atom. The van der Waals surface area contributed by atoms with Crippen LogP contribution in [0.25, 0.3) is 6.08 Å². The summed E-state index contributed by atoms with van der Waals surface area (Å²) in [6.45, 7) is 1.79. The molecule has 0 bridgehead atoms. The van der Waals surface area contributed by atoms with Gasteiger partial charge in [0.15, 0.2) is 5.76 Å². The van der Waals surface area contributed by atoms with E-state index in [0.717, 1.165) is 6.08 Å². The lowest BCUT2D eigenvalue weighted by molar-refractivity contribution is -0.191. The van der Waals surface area contributed by atoms with Gasteiger partial charge in [0.05, 0.1) is 0 Å². The van der Waals surface area contributed by atoms with E-state index in [1.165, 1.54) is 6.07 Å². The second-order valence-corrected chi connectivity index (χ2v) is 4.14. The molecule has 7 heteroatoms. The summed E-state index contributed by atoms with van der Waals surface area (Å²) in [4.78, 5) is 10.5. The lowest BCUT2D eigenvalue weighted by atomic mass is 10.0. The van der Waals surface area contributed by atoms with Crippen molar-refractivity contribution in [2.75, 3.05) is 0 Å². The molecule has 1 atom stereocenters. The zero-order chi connectivity index (χ0) is 14.9. The molecule has 20 heavy (non-hydrogen) atoms. The minimum atomic E-state index is -4.76. The Labute approximate surface area is 112 Å². The summed E-state index contributed by atoms with van der Waals surface area (Å²) in [5, 5.41) is 8.51. The van der Waals surface area contributed by atoms with Crippen LogP contribution in [0.5, 0.6) is 5.75 Å². The van der Waals surface area contributed by atoms with E-state index in [4.69, 9.17) is 9.84 Å². The first-order valence-electron chi connectivity index (χ1n) is 5.80. The number of hydrogen-bond donors (Lipinski definition) is 1. The van der Waals surface area contributed by atoms with E-state index in [-0.39, 0.29) is 5.75 Å². The van der Waals surface area contributed by atoms with Gasteiger partial charge in [0.25, 0.3) is 6.10 Å². The Kier molecular flexibility index (Phi) is 3.61. The first-order valence-corrected chi connectivity index (χ1v) is 5.80. The molecule has 4 nitrogen and oxygen atoms in total. The molecule has 0 radical (unpaired) electrons. The normalized spacial score (nSPS) is 17.8. The van der Waals surface area contributed by atoms with Crippen molar-refractivity contribution in [1.82, 2.24) is 0 Å². The number of para-hydroxylation sites is 1. The third kappa shape index (κ3) is 2.71. The minimum Gasteiger partial charge on any atom is -0.472 e. The molecular weight excluding hydrogens is 277 g/mol. The van der Waals surface area contributed by atoms with Crippen molar-refractivity contribution in [3.63, 3.8) is 0 Å². The molecule has 0 spiro atoms. The topological polar surface area (TPSA) is 55.8 Å². The van der Waals surface area contributed by atoms with E-state index in [9.17, 15) is 18.0 Å². The van der Waals surface area contributed by atoms with E-state index >= 15 is 0 Å². The van der Waals surface area contributed by atoms with E-state index in [1.807, 2.05) is 0 Å². The van der Waals surface area contributed by atoms with Crippen LogP contribution in [0.1, 0.15) is 18.1 Å². The molecule has 0 saturated carbocycles. The zero-order valence-electron chi connectivity index (χ0n) is 10.4. The van der Waals surface area contributed by atoms with Gasteiger partial charge in [-0.05, 0) is 18.1 Å². The molecule has 0 saturated heterocycles. The summed E-state index contributed by atoms with van der Waals surface area (Å²) in [5.41, 5.74) is 0.975. The first kappa shape index (κ1) is 14.2. The summed E-state index contributed by atoms with van der Waals surface area (Å²) >= 11 is 0. The number of carbonyl (C=O) groups is 1. The van der Waals surface area contributed by atoms with Crippen LogP contribution in [0.3, 0.4) is 0 Å². The molecule has 1 aliphatic heterocycles. The molecule has 1 aromatic carbocycles. The number of ether oxygens (including phenoxy) is 2. The number of alkyl halides is 3. The van der Waals surface area contributed by atoms with Crippen molar-refractivity contribution in [3.05, 3.63) is 35.1 Å². The molecule has 1 aromatic rings. The maximum absolute atomic E-state index is 12.9. The van der Waals surface area contributed by atoms with Gasteiger partial charge in [-0.2, -0.15) is 13.2 Å². The maximum Gasteiger partial charge on any atom is 0.511 e. The molecule has 0 aromatic heterocycles. The largest absolute Gasteiger partial charge is 0.511 e. The minimum absolute atomic E-state index is 0.107. The fraction of sp³-hybridized carbons (Fsp3) is 0.308. The van der Waals surface area contributed by atoms with Crippen LogP contribution < -0.4 is 4.74 Å². The Morgan fingerprint density at radius 3 is 2.70 bits per heavy atom. The number of halogens is 3. The lowest BCUT2D eigenvalue weighted by Crippen LogP contribution is -2.39. The molecule has 2 rings (SSSR count). The molecular formula is C13H11F3O4. The SMILES string of the molecule is CCc1cccc2c1OC(C(F)(F)F)C(OC(=O)O)=C2. The van der Waals surface area contributed by atoms with Crippen LogP contribution in [0.2, 0.25) is 0 Å². The van der Waals surface area contributed by atoms with Gasteiger partial charge in [0.1, 0.15) is 5.75 Å². The van der Waals surface area contributed by atoms with Gasteiger partial charge in [-0.15, -0.1) is 0 Å². The Morgan fingerprint density at radius 2 is 2.15 bits per heavy atom. The predicted molar refractivity (Wildman–Crippen MR) is 63.4 cm³/mol. The monoisotopic (exact) mass is 288 g/mol. The Bertz CT molecular complexity index is 563. The number of benzene rings is 1. The van der Waals surface area contributed by atoms with E-state index in [0.29, 0.717) is 17.5 Å². The van der Waals surface area contributed by atoms with Gasteiger partial charge in [-0.3, -0.25) is 0 Å². The number of aryl methyl sites for hydroxylation is 1. The van der Waals surface area contributed by atoms with Gasteiger partial charge >= 0.3 is 12.3 Å². The highest BCUT2D eigenvalue weighted by atomic mass is 19.4. The predicted octanol–water partition coefficient (Wildman–Crippen LogP) is 3.61. The molecule has 1 heterocycles. The number of rotatable bonds is 2. The van der Waals surface area contributed by atoms with Crippen LogP contribution in [-0.2, 0) is 11.2 Å². The van der Waals surface area contributed by atoms with Gasteiger partial charge in [-0.25, -0.2) is 4.79 Å². The third-order valence-corrected chi connectivity index (χ3v) is 2.80. The number of hydrogen-bond acceptors (Lipinski definition) is 3. The molecule has 0 aliphatic carbocycles. The standard InChI is InChI=1S/C13H11F3O4/c1-2-7-4-3-5-8-6-9(19-12(17)18)11(13(14,15)16)20-10(7)8/h3-6,11H,2H2,1H3,(H,17,18). The van der Waals surface area contributed by atoms with Gasteiger partial charge in [-0.1, -0.05) is 25.1 Å². The van der Waals surface area contributed by atoms with Crippen LogP contribution in [0.4, 0.5) is 18.0 Å². The van der Waals surface area contributed by atoms with E-state index in [2.05, 4.69) is 4.74 Å². The molecule has 1 unspecified atom stereocenters. The fourth-order valence-corrected chi connectivity index (χ4v) is 1.96. The number of fused-ring (bicyclic) bond motifs is 1. The number of carboxylic acid groups (broad SMARTS) is 1. The maximum atomic E-state index is 12.9. The summed E-state index contributed by atoms with van der Waals surface area (Å²) in [7, 11) is 0. The summed E-state index contributed by atoms with van der Waals surface area (Å²) in [6, 6.07) is 4.85. The zero-order valence-corrected chi connectivity index (χ0v) is 10.4. The van der Waals surface area contributed by atoms with Gasteiger partial charge in [0.2, 0.25) is 0 Å².